The molecule has 26 heavy (non-hydrogen) atoms. The van der Waals surface area contributed by atoms with Crippen LogP contribution in [0.2, 0.25) is 0 Å². The standard InChI is InChI=1S/C17H23N5O3S/c1-13-19-20-16-12-21(17(23)8-9-18-26(2,24)25)11-15(22(13)16)10-14-6-4-3-5-7-14/h3-7,15,18H,8-12H2,1-2H3/t15-/m1/s1. The van der Waals surface area contributed by atoms with Crippen molar-refractivity contribution in [3.63, 3.8) is 0 Å². The van der Waals surface area contributed by atoms with Gasteiger partial charge in [-0.15, -0.1) is 10.2 Å². The molecule has 3 rings (SSSR count). The Balaban J connectivity index is 1.73. The van der Waals surface area contributed by atoms with Gasteiger partial charge in [-0.2, -0.15) is 0 Å². The molecule has 0 saturated heterocycles. The third-order valence-corrected chi connectivity index (χ3v) is 5.16. The average molecular weight is 377 g/mol. The molecule has 1 amide bonds. The number of carbonyl (C=O) groups is 1. The number of fused-ring (bicyclic) bond motifs is 1. The normalized spacial score (nSPS) is 17.2. The molecule has 0 aliphatic carbocycles. The molecule has 0 radical (unpaired) electrons. The molecule has 1 N–H and O–H groups in total. The minimum absolute atomic E-state index is 0.0583. The summed E-state index contributed by atoms with van der Waals surface area (Å²) in [4.78, 5) is 14.3. The lowest BCUT2D eigenvalue weighted by molar-refractivity contribution is -0.133. The topological polar surface area (TPSA) is 97.2 Å². The number of aromatic nitrogens is 3. The Labute approximate surface area is 153 Å². The molecule has 0 bridgehead atoms. The van der Waals surface area contributed by atoms with Crippen LogP contribution in [0.5, 0.6) is 0 Å². The maximum absolute atomic E-state index is 12.5. The fourth-order valence-electron chi connectivity index (χ4n) is 3.30. The molecule has 9 heteroatoms. The number of carbonyl (C=O) groups excluding carboxylic acids is 1. The van der Waals surface area contributed by atoms with Crippen LogP contribution < -0.4 is 4.72 Å². The number of sulfonamides is 1. The molecule has 2 aromatic rings. The predicted octanol–water partition coefficient (Wildman–Crippen LogP) is 0.652. The predicted molar refractivity (Wildman–Crippen MR) is 96.8 cm³/mol. The van der Waals surface area contributed by atoms with Gasteiger partial charge in [0.1, 0.15) is 5.82 Å². The minimum atomic E-state index is -3.29. The zero-order valence-corrected chi connectivity index (χ0v) is 15.7. The van der Waals surface area contributed by atoms with Crippen LogP contribution in [0, 0.1) is 6.92 Å². The monoisotopic (exact) mass is 377 g/mol. The highest BCUT2D eigenvalue weighted by Gasteiger charge is 2.30. The summed E-state index contributed by atoms with van der Waals surface area (Å²) < 4.78 is 26.8. The second-order valence-electron chi connectivity index (χ2n) is 6.57. The van der Waals surface area contributed by atoms with Crippen molar-refractivity contribution in [2.24, 2.45) is 0 Å². The van der Waals surface area contributed by atoms with E-state index in [1.807, 2.05) is 25.1 Å². The average Bonchev–Trinajstić information content (AvgIpc) is 2.96. The van der Waals surface area contributed by atoms with Gasteiger partial charge in [0, 0.05) is 19.5 Å². The van der Waals surface area contributed by atoms with Gasteiger partial charge >= 0.3 is 0 Å². The van der Waals surface area contributed by atoms with Crippen molar-refractivity contribution < 1.29 is 13.2 Å². The van der Waals surface area contributed by atoms with Crippen LogP contribution in [0.4, 0.5) is 0 Å². The lowest BCUT2D eigenvalue weighted by Crippen LogP contribution is -2.43. The first-order chi connectivity index (χ1) is 12.3. The molecule has 0 fully saturated rings. The van der Waals surface area contributed by atoms with Gasteiger partial charge in [0.2, 0.25) is 15.9 Å². The van der Waals surface area contributed by atoms with Crippen LogP contribution >= 0.6 is 0 Å². The number of amides is 1. The highest BCUT2D eigenvalue weighted by molar-refractivity contribution is 7.88. The van der Waals surface area contributed by atoms with Gasteiger partial charge in [-0.05, 0) is 18.9 Å². The van der Waals surface area contributed by atoms with E-state index < -0.39 is 10.0 Å². The van der Waals surface area contributed by atoms with E-state index in [1.54, 1.807) is 4.90 Å². The third-order valence-electron chi connectivity index (χ3n) is 4.44. The van der Waals surface area contributed by atoms with Crippen molar-refractivity contribution in [1.82, 2.24) is 24.4 Å². The third kappa shape index (κ3) is 4.47. The summed E-state index contributed by atoms with van der Waals surface area (Å²) in [6.07, 6.45) is 1.98. The van der Waals surface area contributed by atoms with Gasteiger partial charge in [-0.3, -0.25) is 4.79 Å². The van der Waals surface area contributed by atoms with Gasteiger partial charge < -0.3 is 9.47 Å². The summed E-state index contributed by atoms with van der Waals surface area (Å²) in [5.41, 5.74) is 1.18. The molecule has 1 aromatic carbocycles. The van der Waals surface area contributed by atoms with E-state index in [0.717, 1.165) is 24.3 Å². The molecule has 8 nitrogen and oxygen atoms in total. The van der Waals surface area contributed by atoms with Crippen molar-refractivity contribution in [1.29, 1.82) is 0 Å². The lowest BCUT2D eigenvalue weighted by atomic mass is 10.0. The first-order valence-electron chi connectivity index (χ1n) is 8.50. The smallest absolute Gasteiger partial charge is 0.224 e. The fraction of sp³-hybridized carbons (Fsp3) is 0.471. The Morgan fingerprint density at radius 2 is 2.00 bits per heavy atom. The van der Waals surface area contributed by atoms with Crippen LogP contribution in [0.15, 0.2) is 30.3 Å². The van der Waals surface area contributed by atoms with E-state index in [4.69, 9.17) is 0 Å². The molecule has 2 heterocycles. The number of rotatable bonds is 6. The molecule has 0 unspecified atom stereocenters. The van der Waals surface area contributed by atoms with Crippen molar-refractivity contribution in [2.75, 3.05) is 19.3 Å². The van der Waals surface area contributed by atoms with Crippen molar-refractivity contribution in [2.45, 2.75) is 32.4 Å². The van der Waals surface area contributed by atoms with Crippen LogP contribution in [-0.4, -0.2) is 53.3 Å². The van der Waals surface area contributed by atoms with E-state index in [2.05, 4.69) is 31.6 Å². The molecule has 1 aromatic heterocycles. The number of nitrogens with zero attached hydrogens (tertiary/aromatic N) is 4. The molecule has 140 valence electrons. The summed E-state index contributed by atoms with van der Waals surface area (Å²) in [5, 5.41) is 8.37. The molecule has 1 atom stereocenters. The largest absolute Gasteiger partial charge is 0.333 e. The fourth-order valence-corrected chi connectivity index (χ4v) is 3.77. The van der Waals surface area contributed by atoms with E-state index >= 15 is 0 Å². The molecule has 1 aliphatic heterocycles. The van der Waals surface area contributed by atoms with E-state index in [0.29, 0.717) is 13.1 Å². The van der Waals surface area contributed by atoms with Gasteiger partial charge in [-0.1, -0.05) is 30.3 Å². The molecule has 0 saturated carbocycles. The van der Waals surface area contributed by atoms with Gasteiger partial charge in [-0.25, -0.2) is 13.1 Å². The van der Waals surface area contributed by atoms with Gasteiger partial charge in [0.05, 0.1) is 18.8 Å². The Kier molecular flexibility index (Phi) is 5.38. The molecule has 0 spiro atoms. The van der Waals surface area contributed by atoms with Crippen LogP contribution in [0.25, 0.3) is 0 Å². The van der Waals surface area contributed by atoms with Crippen LogP contribution in [0.1, 0.15) is 29.7 Å². The van der Waals surface area contributed by atoms with Crippen molar-refractivity contribution >= 4 is 15.9 Å². The van der Waals surface area contributed by atoms with E-state index in [1.165, 1.54) is 5.56 Å². The summed E-state index contributed by atoms with van der Waals surface area (Å²) in [7, 11) is -3.29. The van der Waals surface area contributed by atoms with Crippen molar-refractivity contribution in [3.05, 3.63) is 47.5 Å². The quantitative estimate of drug-likeness (QED) is 0.797. The first-order valence-corrected chi connectivity index (χ1v) is 10.4. The zero-order chi connectivity index (χ0) is 18.7. The van der Waals surface area contributed by atoms with E-state index in [9.17, 15) is 13.2 Å². The number of benzene rings is 1. The summed E-state index contributed by atoms with van der Waals surface area (Å²) in [5.74, 6) is 1.51. The maximum Gasteiger partial charge on any atom is 0.224 e. The Morgan fingerprint density at radius 1 is 1.27 bits per heavy atom. The number of nitrogens with one attached hydrogen (secondary N) is 1. The van der Waals surface area contributed by atoms with Crippen LogP contribution in [-0.2, 0) is 27.8 Å². The minimum Gasteiger partial charge on any atom is -0.333 e. The highest BCUT2D eigenvalue weighted by Crippen LogP contribution is 2.25. The summed E-state index contributed by atoms with van der Waals surface area (Å²) in [6.45, 7) is 2.97. The number of hydrogen-bond donors (Lipinski definition) is 1. The van der Waals surface area contributed by atoms with Crippen LogP contribution in [0.3, 0.4) is 0 Å². The lowest BCUT2D eigenvalue weighted by Gasteiger charge is -2.34. The van der Waals surface area contributed by atoms with Gasteiger partial charge in [0.25, 0.3) is 0 Å². The molecule has 1 aliphatic rings. The second-order valence-corrected chi connectivity index (χ2v) is 8.40. The van der Waals surface area contributed by atoms with Gasteiger partial charge in [0.15, 0.2) is 5.82 Å². The highest BCUT2D eigenvalue weighted by atomic mass is 32.2. The first kappa shape index (κ1) is 18.5. The van der Waals surface area contributed by atoms with Crippen molar-refractivity contribution in [3.8, 4) is 0 Å². The summed E-state index contributed by atoms with van der Waals surface area (Å²) in [6, 6.07) is 10.2. The molecular formula is C17H23N5O3S. The zero-order valence-electron chi connectivity index (χ0n) is 14.9. The Bertz CT molecular complexity index is 879. The molecular weight excluding hydrogens is 354 g/mol. The Hall–Kier alpha value is -2.26. The summed E-state index contributed by atoms with van der Waals surface area (Å²) >= 11 is 0. The second kappa shape index (κ2) is 7.55. The Morgan fingerprint density at radius 3 is 2.69 bits per heavy atom. The SMILES string of the molecule is Cc1nnc2n1[C@H](Cc1ccccc1)CN(C(=O)CCNS(C)(=O)=O)C2. The number of hydrogen-bond acceptors (Lipinski definition) is 5. The maximum atomic E-state index is 12.5. The van der Waals surface area contributed by atoms with E-state index in [-0.39, 0.29) is 24.9 Å². The number of aryl methyl sites for hydroxylation is 1.